The molecule has 2 atom stereocenters. The molecule has 1 aromatic rings. The van der Waals surface area contributed by atoms with Gasteiger partial charge in [-0.25, -0.2) is 0 Å². The molecule has 1 aliphatic carbocycles. The summed E-state index contributed by atoms with van der Waals surface area (Å²) >= 11 is 0. The standard InChI is InChI=1S/C14H20O2/c1-3-5-12-10-14(12,15)9-11-6-4-7-13(8-11)16-2/h4,6-8,12,15H,3,5,9-10H2,1-2H3. The lowest BCUT2D eigenvalue weighted by molar-refractivity contribution is 0.129. The zero-order chi connectivity index (χ0) is 11.6. The van der Waals surface area contributed by atoms with Crippen LogP contribution in [0.2, 0.25) is 0 Å². The van der Waals surface area contributed by atoms with Gasteiger partial charge in [0, 0.05) is 6.42 Å². The number of hydrogen-bond acceptors (Lipinski definition) is 2. The number of ether oxygens (including phenoxy) is 1. The molecule has 0 radical (unpaired) electrons. The van der Waals surface area contributed by atoms with E-state index in [1.54, 1.807) is 7.11 Å². The highest BCUT2D eigenvalue weighted by Gasteiger charge is 2.51. The van der Waals surface area contributed by atoms with E-state index in [0.717, 1.165) is 31.4 Å². The Kier molecular flexibility index (Phi) is 3.20. The number of hydrogen-bond donors (Lipinski definition) is 1. The van der Waals surface area contributed by atoms with Crippen molar-refractivity contribution in [2.75, 3.05) is 7.11 Å². The van der Waals surface area contributed by atoms with E-state index in [1.807, 2.05) is 18.2 Å². The van der Waals surface area contributed by atoms with Crippen molar-refractivity contribution in [3.05, 3.63) is 29.8 Å². The lowest BCUT2D eigenvalue weighted by atomic mass is 10.0. The second-order valence-corrected chi connectivity index (χ2v) is 4.82. The van der Waals surface area contributed by atoms with Gasteiger partial charge in [-0.1, -0.05) is 25.5 Å². The van der Waals surface area contributed by atoms with Crippen molar-refractivity contribution in [2.24, 2.45) is 5.92 Å². The van der Waals surface area contributed by atoms with Crippen LogP contribution in [0.3, 0.4) is 0 Å². The van der Waals surface area contributed by atoms with Gasteiger partial charge in [0.25, 0.3) is 0 Å². The number of aliphatic hydroxyl groups is 1. The molecule has 1 N–H and O–H groups in total. The summed E-state index contributed by atoms with van der Waals surface area (Å²) in [4.78, 5) is 0. The van der Waals surface area contributed by atoms with E-state index in [2.05, 4.69) is 13.0 Å². The molecule has 2 nitrogen and oxygen atoms in total. The van der Waals surface area contributed by atoms with Crippen LogP contribution in [0, 0.1) is 5.92 Å². The van der Waals surface area contributed by atoms with E-state index < -0.39 is 5.60 Å². The molecule has 0 saturated heterocycles. The maximum atomic E-state index is 10.3. The summed E-state index contributed by atoms with van der Waals surface area (Å²) in [6, 6.07) is 7.99. The summed E-state index contributed by atoms with van der Waals surface area (Å²) in [5, 5.41) is 10.3. The Bertz CT molecular complexity index is 362. The van der Waals surface area contributed by atoms with E-state index in [1.165, 1.54) is 5.56 Å². The van der Waals surface area contributed by atoms with Crippen LogP contribution in [0.15, 0.2) is 24.3 Å². The molecule has 2 unspecified atom stereocenters. The zero-order valence-corrected chi connectivity index (χ0v) is 10.1. The van der Waals surface area contributed by atoms with Crippen molar-refractivity contribution < 1.29 is 9.84 Å². The van der Waals surface area contributed by atoms with E-state index in [4.69, 9.17) is 4.74 Å². The Morgan fingerprint density at radius 3 is 3.00 bits per heavy atom. The van der Waals surface area contributed by atoms with Gasteiger partial charge < -0.3 is 9.84 Å². The Balaban J connectivity index is 1.99. The number of methoxy groups -OCH3 is 1. The van der Waals surface area contributed by atoms with Crippen molar-refractivity contribution in [1.29, 1.82) is 0 Å². The van der Waals surface area contributed by atoms with E-state index in [0.29, 0.717) is 5.92 Å². The molecule has 2 heteroatoms. The van der Waals surface area contributed by atoms with Crippen LogP contribution < -0.4 is 4.74 Å². The highest BCUT2D eigenvalue weighted by Crippen LogP contribution is 2.48. The van der Waals surface area contributed by atoms with Crippen LogP contribution in [-0.4, -0.2) is 17.8 Å². The zero-order valence-electron chi connectivity index (χ0n) is 10.1. The first-order chi connectivity index (χ1) is 7.68. The van der Waals surface area contributed by atoms with Crippen LogP contribution in [-0.2, 0) is 6.42 Å². The van der Waals surface area contributed by atoms with Crippen LogP contribution >= 0.6 is 0 Å². The van der Waals surface area contributed by atoms with Gasteiger partial charge in [0.2, 0.25) is 0 Å². The fourth-order valence-corrected chi connectivity index (χ4v) is 2.44. The highest BCUT2D eigenvalue weighted by molar-refractivity contribution is 5.30. The second kappa shape index (κ2) is 4.46. The molecule has 88 valence electrons. The SMILES string of the molecule is CCCC1CC1(O)Cc1cccc(OC)c1. The van der Waals surface area contributed by atoms with Crippen LogP contribution in [0.1, 0.15) is 31.7 Å². The van der Waals surface area contributed by atoms with Gasteiger partial charge in [0.15, 0.2) is 0 Å². The van der Waals surface area contributed by atoms with Crippen molar-refractivity contribution in [3.8, 4) is 5.75 Å². The van der Waals surface area contributed by atoms with Gasteiger partial charge in [-0.15, -0.1) is 0 Å². The Morgan fingerprint density at radius 2 is 2.31 bits per heavy atom. The number of rotatable bonds is 5. The summed E-state index contributed by atoms with van der Waals surface area (Å²) in [7, 11) is 1.67. The summed E-state index contributed by atoms with van der Waals surface area (Å²) in [6.07, 6.45) is 4.01. The smallest absolute Gasteiger partial charge is 0.119 e. The average Bonchev–Trinajstić information content (AvgIpc) is 2.89. The minimum absolute atomic E-state index is 0.442. The predicted octanol–water partition coefficient (Wildman–Crippen LogP) is 2.79. The van der Waals surface area contributed by atoms with Crippen molar-refractivity contribution >= 4 is 0 Å². The summed E-state index contributed by atoms with van der Waals surface area (Å²) in [5.41, 5.74) is 0.725. The molecule has 1 saturated carbocycles. The van der Waals surface area contributed by atoms with E-state index >= 15 is 0 Å². The van der Waals surface area contributed by atoms with Gasteiger partial charge in [0.1, 0.15) is 5.75 Å². The average molecular weight is 220 g/mol. The molecular formula is C14H20O2. The van der Waals surface area contributed by atoms with Gasteiger partial charge in [0.05, 0.1) is 12.7 Å². The maximum absolute atomic E-state index is 10.3. The molecule has 16 heavy (non-hydrogen) atoms. The van der Waals surface area contributed by atoms with Gasteiger partial charge in [-0.2, -0.15) is 0 Å². The van der Waals surface area contributed by atoms with Crippen molar-refractivity contribution in [3.63, 3.8) is 0 Å². The minimum Gasteiger partial charge on any atom is -0.497 e. The molecule has 0 heterocycles. The molecule has 0 bridgehead atoms. The van der Waals surface area contributed by atoms with Crippen LogP contribution in [0.4, 0.5) is 0 Å². The van der Waals surface area contributed by atoms with Gasteiger partial charge >= 0.3 is 0 Å². The maximum Gasteiger partial charge on any atom is 0.119 e. The summed E-state index contributed by atoms with van der Waals surface area (Å²) < 4.78 is 5.18. The molecule has 1 aromatic carbocycles. The van der Waals surface area contributed by atoms with Gasteiger partial charge in [-0.3, -0.25) is 0 Å². The fourth-order valence-electron chi connectivity index (χ4n) is 2.44. The molecule has 0 spiro atoms. The first-order valence-corrected chi connectivity index (χ1v) is 6.03. The predicted molar refractivity (Wildman–Crippen MR) is 64.7 cm³/mol. The molecule has 1 fully saturated rings. The van der Waals surface area contributed by atoms with Crippen molar-refractivity contribution in [2.45, 2.75) is 38.2 Å². The molecule has 2 rings (SSSR count). The molecule has 0 aliphatic heterocycles. The minimum atomic E-state index is -0.442. The third-order valence-electron chi connectivity index (χ3n) is 3.48. The van der Waals surface area contributed by atoms with Crippen LogP contribution in [0.25, 0.3) is 0 Å². The van der Waals surface area contributed by atoms with Crippen molar-refractivity contribution in [1.82, 2.24) is 0 Å². The van der Waals surface area contributed by atoms with E-state index in [9.17, 15) is 5.11 Å². The van der Waals surface area contributed by atoms with E-state index in [-0.39, 0.29) is 0 Å². The molecule has 1 aliphatic rings. The Labute approximate surface area is 97.3 Å². The molecule has 0 aromatic heterocycles. The topological polar surface area (TPSA) is 29.5 Å². The Hall–Kier alpha value is -1.02. The first kappa shape index (κ1) is 11.5. The lowest BCUT2D eigenvalue weighted by Crippen LogP contribution is -2.15. The molecule has 0 amide bonds. The second-order valence-electron chi connectivity index (χ2n) is 4.82. The third kappa shape index (κ3) is 2.38. The Morgan fingerprint density at radius 1 is 1.50 bits per heavy atom. The lowest BCUT2D eigenvalue weighted by Gasteiger charge is -2.11. The monoisotopic (exact) mass is 220 g/mol. The number of benzene rings is 1. The van der Waals surface area contributed by atoms with Crippen LogP contribution in [0.5, 0.6) is 5.75 Å². The largest absolute Gasteiger partial charge is 0.497 e. The first-order valence-electron chi connectivity index (χ1n) is 6.03. The normalized spacial score (nSPS) is 27.8. The summed E-state index contributed by atoms with van der Waals surface area (Å²) in [5.74, 6) is 1.37. The summed E-state index contributed by atoms with van der Waals surface area (Å²) in [6.45, 7) is 2.17. The quantitative estimate of drug-likeness (QED) is 0.826. The fraction of sp³-hybridized carbons (Fsp3) is 0.571. The highest BCUT2D eigenvalue weighted by atomic mass is 16.5. The third-order valence-corrected chi connectivity index (χ3v) is 3.48. The van der Waals surface area contributed by atoms with Gasteiger partial charge in [-0.05, 0) is 36.5 Å². The molecular weight excluding hydrogens is 200 g/mol.